The van der Waals surface area contributed by atoms with Gasteiger partial charge in [0.15, 0.2) is 5.82 Å². The van der Waals surface area contributed by atoms with Gasteiger partial charge in [-0.1, -0.05) is 12.1 Å². The molecular weight excluding hydrogens is 436 g/mol. The average Bonchev–Trinajstić information content (AvgIpc) is 3.24. The van der Waals surface area contributed by atoms with Gasteiger partial charge < -0.3 is 19.6 Å². The van der Waals surface area contributed by atoms with E-state index in [4.69, 9.17) is 4.74 Å². The number of carboxylic acid groups (broad SMARTS) is 1. The summed E-state index contributed by atoms with van der Waals surface area (Å²) < 4.78 is 34.6. The van der Waals surface area contributed by atoms with Gasteiger partial charge in [0.05, 0.1) is 30.2 Å². The minimum Gasteiger partial charge on any atom is -0.481 e. The van der Waals surface area contributed by atoms with E-state index in [1.165, 1.54) is 4.57 Å². The van der Waals surface area contributed by atoms with Gasteiger partial charge in [0.1, 0.15) is 0 Å². The van der Waals surface area contributed by atoms with Gasteiger partial charge in [-0.3, -0.25) is 9.36 Å². The van der Waals surface area contributed by atoms with Crippen molar-refractivity contribution in [3.63, 3.8) is 0 Å². The molecule has 12 heteroatoms. The molecule has 0 bridgehead atoms. The number of alkyl halides is 2. The number of ether oxygens (including phenoxy) is 1. The molecule has 2 fully saturated rings. The Morgan fingerprint density at radius 3 is 2.42 bits per heavy atom. The number of carboxylic acids is 1. The second-order valence-electron chi connectivity index (χ2n) is 8.05. The highest BCUT2D eigenvalue weighted by Gasteiger charge is 2.29. The summed E-state index contributed by atoms with van der Waals surface area (Å²) in [6.45, 7) is 2.91. The first-order chi connectivity index (χ1) is 16.0. The zero-order valence-corrected chi connectivity index (χ0v) is 17.8. The summed E-state index contributed by atoms with van der Waals surface area (Å²) in [5.41, 5.74) is 0.867. The highest BCUT2D eigenvalue weighted by atomic mass is 19.3. The van der Waals surface area contributed by atoms with Crippen LogP contribution in [0.3, 0.4) is 0 Å². The van der Waals surface area contributed by atoms with Crippen LogP contribution in [0.1, 0.15) is 25.1 Å². The lowest BCUT2D eigenvalue weighted by molar-refractivity contribution is -0.141. The van der Waals surface area contributed by atoms with Crippen molar-refractivity contribution >= 4 is 28.9 Å². The second kappa shape index (κ2) is 8.85. The number of aromatic nitrogens is 5. The number of fused-ring (bicyclic) bond motifs is 1. The van der Waals surface area contributed by atoms with Gasteiger partial charge in [-0.15, -0.1) is 0 Å². The molecule has 5 rings (SSSR count). The van der Waals surface area contributed by atoms with Gasteiger partial charge in [-0.25, -0.2) is 13.8 Å². The fraction of sp³-hybridized carbons (Fsp3) is 0.476. The number of piperidine rings is 1. The van der Waals surface area contributed by atoms with Crippen LogP contribution in [-0.4, -0.2) is 75.0 Å². The lowest BCUT2D eigenvalue weighted by Gasteiger charge is -2.32. The number of carbonyl (C=O) groups is 1. The molecule has 1 atom stereocenters. The molecule has 174 valence electrons. The van der Waals surface area contributed by atoms with E-state index in [2.05, 4.69) is 19.9 Å². The van der Waals surface area contributed by atoms with Crippen LogP contribution in [0, 0.1) is 5.92 Å². The number of rotatable bonds is 5. The van der Waals surface area contributed by atoms with E-state index in [0.717, 1.165) is 0 Å². The number of hydrogen-bond acceptors (Lipinski definition) is 8. The molecule has 0 spiro atoms. The van der Waals surface area contributed by atoms with E-state index < -0.39 is 24.1 Å². The van der Waals surface area contributed by atoms with Crippen molar-refractivity contribution in [2.75, 3.05) is 49.2 Å². The lowest BCUT2D eigenvalue weighted by Crippen LogP contribution is -2.41. The molecular formula is C21H23F2N7O3. The monoisotopic (exact) mass is 459 g/mol. The van der Waals surface area contributed by atoms with Gasteiger partial charge in [0.2, 0.25) is 17.8 Å². The van der Waals surface area contributed by atoms with Crippen LogP contribution in [0.25, 0.3) is 17.0 Å². The number of halogens is 2. The molecule has 0 unspecified atom stereocenters. The van der Waals surface area contributed by atoms with Gasteiger partial charge >= 0.3 is 5.97 Å². The van der Waals surface area contributed by atoms with Crippen LogP contribution in [0.15, 0.2) is 24.3 Å². The van der Waals surface area contributed by atoms with Crippen LogP contribution in [0.5, 0.6) is 0 Å². The molecule has 2 saturated heterocycles. The Labute approximate surface area is 187 Å². The van der Waals surface area contributed by atoms with Crippen LogP contribution in [0.4, 0.5) is 20.7 Å². The molecule has 10 nitrogen and oxygen atoms in total. The standard InChI is InChI=1S/C21H23F2N7O3/c22-16(23)17-24-14-5-1-2-6-15(14)30(17)21-26-19(28-8-10-33-11-9-28)25-20(27-21)29-7-3-4-13(12-29)18(31)32/h1-2,5-6,13,16H,3-4,7-12H2,(H,31,32)/t13-/m1/s1. The average molecular weight is 459 g/mol. The second-order valence-corrected chi connectivity index (χ2v) is 8.05. The maximum atomic E-state index is 13.9. The van der Waals surface area contributed by atoms with E-state index >= 15 is 0 Å². The number of nitrogens with zero attached hydrogens (tertiary/aromatic N) is 7. The third kappa shape index (κ3) is 4.17. The highest BCUT2D eigenvalue weighted by Crippen LogP contribution is 2.29. The molecule has 2 aliphatic rings. The minimum atomic E-state index is -2.84. The number of imidazole rings is 1. The van der Waals surface area contributed by atoms with E-state index in [9.17, 15) is 18.7 Å². The Morgan fingerprint density at radius 1 is 1.00 bits per heavy atom. The number of anilines is 2. The summed E-state index contributed by atoms with van der Waals surface area (Å²) >= 11 is 0. The topological polar surface area (TPSA) is 110 Å². The molecule has 0 amide bonds. The van der Waals surface area contributed by atoms with Crippen molar-refractivity contribution in [1.29, 1.82) is 0 Å². The fourth-order valence-electron chi connectivity index (χ4n) is 4.25. The third-order valence-electron chi connectivity index (χ3n) is 5.93. The normalized spacial score (nSPS) is 19.4. The Bertz CT molecular complexity index is 1170. The first kappa shape index (κ1) is 21.4. The molecule has 3 aromatic rings. The predicted molar refractivity (Wildman–Crippen MR) is 115 cm³/mol. The van der Waals surface area contributed by atoms with Crippen molar-refractivity contribution in [3.8, 4) is 5.95 Å². The predicted octanol–water partition coefficient (Wildman–Crippen LogP) is 2.29. The SMILES string of the molecule is O=C(O)[C@@H]1CCCN(c2nc(N3CCOCC3)nc(-n3c(C(F)F)nc4ccccc43)n2)C1. The van der Waals surface area contributed by atoms with Gasteiger partial charge in [-0.05, 0) is 25.0 Å². The van der Waals surface area contributed by atoms with E-state index in [-0.39, 0.29) is 18.4 Å². The molecule has 2 aliphatic heterocycles. The van der Waals surface area contributed by atoms with Crippen molar-refractivity contribution in [2.45, 2.75) is 19.3 Å². The number of hydrogen-bond donors (Lipinski definition) is 1. The quantitative estimate of drug-likeness (QED) is 0.614. The van der Waals surface area contributed by atoms with Crippen molar-refractivity contribution in [1.82, 2.24) is 24.5 Å². The zero-order chi connectivity index (χ0) is 22.9. The molecule has 4 heterocycles. The molecule has 1 aromatic carbocycles. The third-order valence-corrected chi connectivity index (χ3v) is 5.93. The summed E-state index contributed by atoms with van der Waals surface area (Å²) in [5, 5.41) is 9.48. The molecule has 0 saturated carbocycles. The van der Waals surface area contributed by atoms with Crippen molar-refractivity contribution in [3.05, 3.63) is 30.1 Å². The summed E-state index contributed by atoms with van der Waals surface area (Å²) in [6, 6.07) is 6.81. The Balaban J connectivity index is 1.65. The number of morpholine rings is 1. The van der Waals surface area contributed by atoms with Crippen molar-refractivity contribution in [2.24, 2.45) is 5.92 Å². The first-order valence-corrected chi connectivity index (χ1v) is 10.8. The Kier molecular flexibility index (Phi) is 5.75. The summed E-state index contributed by atoms with van der Waals surface area (Å²) in [6.07, 6.45) is -1.60. The summed E-state index contributed by atoms with van der Waals surface area (Å²) in [4.78, 5) is 33.0. The van der Waals surface area contributed by atoms with Crippen LogP contribution < -0.4 is 9.80 Å². The van der Waals surface area contributed by atoms with Crippen molar-refractivity contribution < 1.29 is 23.4 Å². The molecule has 0 radical (unpaired) electrons. The molecule has 1 N–H and O–H groups in total. The number of para-hydroxylation sites is 2. The van der Waals surface area contributed by atoms with Crippen LogP contribution in [-0.2, 0) is 9.53 Å². The molecule has 2 aromatic heterocycles. The van der Waals surface area contributed by atoms with Gasteiger partial charge in [0.25, 0.3) is 6.43 Å². The minimum absolute atomic E-state index is 0.0305. The van der Waals surface area contributed by atoms with Gasteiger partial charge in [-0.2, -0.15) is 15.0 Å². The van der Waals surface area contributed by atoms with E-state index in [1.54, 1.807) is 29.2 Å². The van der Waals surface area contributed by atoms with E-state index in [0.29, 0.717) is 62.7 Å². The largest absolute Gasteiger partial charge is 0.481 e. The number of aliphatic carboxylic acids is 1. The molecule has 0 aliphatic carbocycles. The lowest BCUT2D eigenvalue weighted by atomic mass is 9.99. The first-order valence-electron chi connectivity index (χ1n) is 10.8. The summed E-state index contributed by atoms with van der Waals surface area (Å²) in [5.74, 6) is -1.23. The van der Waals surface area contributed by atoms with E-state index in [1.807, 2.05) is 4.90 Å². The number of benzene rings is 1. The highest BCUT2D eigenvalue weighted by molar-refractivity contribution is 5.77. The smallest absolute Gasteiger partial charge is 0.308 e. The molecule has 33 heavy (non-hydrogen) atoms. The van der Waals surface area contributed by atoms with Crippen LogP contribution >= 0.6 is 0 Å². The zero-order valence-electron chi connectivity index (χ0n) is 17.8. The summed E-state index contributed by atoms with van der Waals surface area (Å²) in [7, 11) is 0. The van der Waals surface area contributed by atoms with Gasteiger partial charge in [0, 0.05) is 26.2 Å². The van der Waals surface area contributed by atoms with Crippen LogP contribution in [0.2, 0.25) is 0 Å². The Morgan fingerprint density at radius 2 is 1.70 bits per heavy atom. The Hall–Kier alpha value is -3.41. The maximum absolute atomic E-state index is 13.9. The fourth-order valence-corrected chi connectivity index (χ4v) is 4.25. The maximum Gasteiger partial charge on any atom is 0.308 e.